The van der Waals surface area contributed by atoms with Gasteiger partial charge >= 0.3 is 0 Å². The highest BCUT2D eigenvalue weighted by Gasteiger charge is 2.13. The lowest BCUT2D eigenvalue weighted by molar-refractivity contribution is 0.112. The van der Waals surface area contributed by atoms with Gasteiger partial charge in [-0.15, -0.1) is 0 Å². The number of aldehydes is 1. The third kappa shape index (κ3) is 5.35. The second kappa shape index (κ2) is 10.0. The van der Waals surface area contributed by atoms with Crippen molar-refractivity contribution < 1.29 is 9.90 Å². The van der Waals surface area contributed by atoms with Gasteiger partial charge in [-0.3, -0.25) is 4.79 Å². The molecule has 0 radical (unpaired) electrons. The van der Waals surface area contributed by atoms with Crippen LogP contribution in [0, 0.1) is 13.8 Å². The van der Waals surface area contributed by atoms with Crippen LogP contribution < -0.4 is 4.90 Å². The lowest BCUT2D eigenvalue weighted by Gasteiger charge is -2.27. The average molecular weight is 354 g/mol. The van der Waals surface area contributed by atoms with Crippen molar-refractivity contribution in [1.29, 1.82) is 0 Å². The van der Waals surface area contributed by atoms with Crippen LogP contribution in [0.1, 0.15) is 66.9 Å². The Morgan fingerprint density at radius 1 is 0.962 bits per heavy atom. The van der Waals surface area contributed by atoms with E-state index in [1.807, 2.05) is 6.07 Å². The molecule has 0 spiro atoms. The van der Waals surface area contributed by atoms with Crippen LogP contribution in [-0.2, 0) is 0 Å². The summed E-state index contributed by atoms with van der Waals surface area (Å²) in [6.45, 7) is 7.35. The number of benzene rings is 2. The number of unbranched alkanes of at least 4 members (excludes halogenated alkanes) is 5. The van der Waals surface area contributed by atoms with Gasteiger partial charge in [0.15, 0.2) is 6.29 Å². The molecule has 0 bridgehead atoms. The van der Waals surface area contributed by atoms with E-state index in [0.717, 1.165) is 24.3 Å². The van der Waals surface area contributed by atoms with E-state index in [2.05, 4.69) is 43.9 Å². The molecule has 140 valence electrons. The third-order valence-corrected chi connectivity index (χ3v) is 4.83. The van der Waals surface area contributed by atoms with Gasteiger partial charge in [-0.2, -0.15) is 0 Å². The molecule has 0 fully saturated rings. The first kappa shape index (κ1) is 20.0. The fourth-order valence-corrected chi connectivity index (χ4v) is 3.35. The molecule has 1 N–H and O–H groups in total. The van der Waals surface area contributed by atoms with E-state index in [4.69, 9.17) is 0 Å². The number of hydrogen-bond acceptors (Lipinski definition) is 3. The summed E-state index contributed by atoms with van der Waals surface area (Å²) in [5.74, 6) is 0.0372. The van der Waals surface area contributed by atoms with Crippen LogP contribution >= 0.6 is 0 Å². The number of carbonyl (C=O) groups excluding carboxylic acids is 1. The smallest absolute Gasteiger partial charge is 0.153 e. The lowest BCUT2D eigenvalue weighted by atomic mass is 10.1. The minimum atomic E-state index is 0.0372. The third-order valence-electron chi connectivity index (χ3n) is 4.83. The van der Waals surface area contributed by atoms with E-state index in [0.29, 0.717) is 11.8 Å². The molecule has 3 heteroatoms. The first-order valence-electron chi connectivity index (χ1n) is 9.69. The summed E-state index contributed by atoms with van der Waals surface area (Å²) in [4.78, 5) is 13.2. The molecule has 0 amide bonds. The zero-order chi connectivity index (χ0) is 18.9. The van der Waals surface area contributed by atoms with Crippen LogP contribution in [0.4, 0.5) is 11.4 Å². The Labute approximate surface area is 157 Å². The zero-order valence-corrected chi connectivity index (χ0v) is 16.3. The molecule has 0 atom stereocenters. The van der Waals surface area contributed by atoms with Gasteiger partial charge in [0.1, 0.15) is 5.75 Å². The number of phenols is 1. The molecule has 3 nitrogen and oxygen atoms in total. The topological polar surface area (TPSA) is 40.5 Å². The van der Waals surface area contributed by atoms with Crippen LogP contribution in [-0.4, -0.2) is 17.9 Å². The van der Waals surface area contributed by atoms with Crippen molar-refractivity contribution in [2.24, 2.45) is 0 Å². The second-order valence-electron chi connectivity index (χ2n) is 7.07. The number of phenolic OH excluding ortho intramolecular Hbond substituents is 1. The standard InChI is InChI=1S/C23H31NO2/c1-4-5-6-7-8-9-14-24(22-13-10-18(2)15-19(22)3)21-12-11-20(17-25)23(26)16-21/h10-13,15-17,26H,4-9,14H2,1-3H3. The van der Waals surface area contributed by atoms with Crippen LogP contribution in [0.3, 0.4) is 0 Å². The maximum Gasteiger partial charge on any atom is 0.153 e. The SMILES string of the molecule is CCCCCCCCN(c1ccc(C=O)c(O)c1)c1ccc(C)cc1C. The molecule has 0 heterocycles. The number of aromatic hydroxyl groups is 1. The van der Waals surface area contributed by atoms with Gasteiger partial charge in [0.2, 0.25) is 0 Å². The summed E-state index contributed by atoms with van der Waals surface area (Å²) in [5, 5.41) is 10.1. The highest BCUT2D eigenvalue weighted by Crippen LogP contribution is 2.32. The number of rotatable bonds is 10. The number of hydrogen-bond donors (Lipinski definition) is 1. The number of nitrogens with zero attached hydrogens (tertiary/aromatic N) is 1. The lowest BCUT2D eigenvalue weighted by Crippen LogP contribution is -2.19. The summed E-state index contributed by atoms with van der Waals surface area (Å²) in [7, 11) is 0. The Bertz CT molecular complexity index is 724. The molecule has 0 aliphatic heterocycles. The maximum atomic E-state index is 11.0. The molecule has 2 rings (SSSR count). The predicted molar refractivity (Wildman–Crippen MR) is 110 cm³/mol. The number of aryl methyl sites for hydroxylation is 2. The normalized spacial score (nSPS) is 10.7. The fraction of sp³-hybridized carbons (Fsp3) is 0.435. The van der Waals surface area contributed by atoms with Crippen molar-refractivity contribution in [3.05, 3.63) is 53.1 Å². The number of carbonyl (C=O) groups is 1. The van der Waals surface area contributed by atoms with E-state index < -0.39 is 0 Å². The Morgan fingerprint density at radius 3 is 2.35 bits per heavy atom. The monoisotopic (exact) mass is 353 g/mol. The molecule has 0 aliphatic carbocycles. The van der Waals surface area contributed by atoms with Crippen molar-refractivity contribution in [1.82, 2.24) is 0 Å². The van der Waals surface area contributed by atoms with Gasteiger partial charge in [-0.25, -0.2) is 0 Å². The molecule has 2 aromatic carbocycles. The Morgan fingerprint density at radius 2 is 1.69 bits per heavy atom. The molecular weight excluding hydrogens is 322 g/mol. The van der Waals surface area contributed by atoms with Crippen molar-refractivity contribution in [3.8, 4) is 5.75 Å². The Balaban J connectivity index is 2.21. The number of anilines is 2. The molecular formula is C23H31NO2. The summed E-state index contributed by atoms with van der Waals surface area (Å²) in [6.07, 6.45) is 8.14. The second-order valence-corrected chi connectivity index (χ2v) is 7.07. The van der Waals surface area contributed by atoms with Gasteiger partial charge in [0, 0.05) is 24.0 Å². The maximum absolute atomic E-state index is 11.0. The Hall–Kier alpha value is -2.29. The summed E-state index contributed by atoms with van der Waals surface area (Å²) in [5.41, 5.74) is 4.87. The summed E-state index contributed by atoms with van der Waals surface area (Å²) in [6, 6.07) is 11.8. The summed E-state index contributed by atoms with van der Waals surface area (Å²) >= 11 is 0. The van der Waals surface area contributed by atoms with Crippen LogP contribution in [0.15, 0.2) is 36.4 Å². The van der Waals surface area contributed by atoms with E-state index in [9.17, 15) is 9.90 Å². The van der Waals surface area contributed by atoms with E-state index in [1.165, 1.54) is 43.2 Å². The van der Waals surface area contributed by atoms with Crippen molar-refractivity contribution in [2.45, 2.75) is 59.3 Å². The van der Waals surface area contributed by atoms with E-state index in [-0.39, 0.29) is 5.75 Å². The van der Waals surface area contributed by atoms with Crippen molar-refractivity contribution in [3.63, 3.8) is 0 Å². The van der Waals surface area contributed by atoms with Crippen LogP contribution in [0.25, 0.3) is 0 Å². The molecule has 2 aromatic rings. The van der Waals surface area contributed by atoms with E-state index in [1.54, 1.807) is 12.1 Å². The highest BCUT2D eigenvalue weighted by molar-refractivity contribution is 5.81. The highest BCUT2D eigenvalue weighted by atomic mass is 16.3. The molecule has 0 unspecified atom stereocenters. The van der Waals surface area contributed by atoms with Gasteiger partial charge in [0.05, 0.1) is 5.56 Å². The summed E-state index contributed by atoms with van der Waals surface area (Å²) < 4.78 is 0. The molecule has 0 aromatic heterocycles. The van der Waals surface area contributed by atoms with Gasteiger partial charge in [0.25, 0.3) is 0 Å². The molecule has 0 aliphatic rings. The average Bonchev–Trinajstić information content (AvgIpc) is 2.62. The Kier molecular flexibility index (Phi) is 7.71. The van der Waals surface area contributed by atoms with E-state index >= 15 is 0 Å². The van der Waals surface area contributed by atoms with Crippen molar-refractivity contribution >= 4 is 17.7 Å². The zero-order valence-electron chi connectivity index (χ0n) is 16.3. The van der Waals surface area contributed by atoms with Crippen molar-refractivity contribution in [2.75, 3.05) is 11.4 Å². The van der Waals surface area contributed by atoms with Gasteiger partial charge in [-0.05, 0) is 44.0 Å². The van der Waals surface area contributed by atoms with Gasteiger partial charge in [-0.1, -0.05) is 56.7 Å². The molecule has 0 saturated heterocycles. The molecule has 26 heavy (non-hydrogen) atoms. The first-order valence-corrected chi connectivity index (χ1v) is 9.69. The minimum Gasteiger partial charge on any atom is -0.507 e. The van der Waals surface area contributed by atoms with Crippen LogP contribution in [0.5, 0.6) is 5.75 Å². The first-order chi connectivity index (χ1) is 12.6. The predicted octanol–water partition coefficient (Wildman–Crippen LogP) is 6.32. The molecule has 0 saturated carbocycles. The van der Waals surface area contributed by atoms with Crippen LogP contribution in [0.2, 0.25) is 0 Å². The minimum absolute atomic E-state index is 0.0372. The van der Waals surface area contributed by atoms with Gasteiger partial charge < -0.3 is 10.0 Å². The largest absolute Gasteiger partial charge is 0.507 e. The fourth-order valence-electron chi connectivity index (χ4n) is 3.35. The quantitative estimate of drug-likeness (QED) is 0.401.